The average molecular weight is 283 g/mol. The lowest BCUT2D eigenvalue weighted by molar-refractivity contribution is -0.134. The highest BCUT2D eigenvalue weighted by molar-refractivity contribution is 6.06. The fraction of sp³-hybridized carbons (Fsp3) is 0.769. The van der Waals surface area contributed by atoms with Crippen molar-refractivity contribution >= 4 is 17.8 Å². The number of carbonyl (C=O) groups is 3. The molecule has 1 saturated carbocycles. The largest absolute Gasteiger partial charge is 0.395 e. The summed E-state index contributed by atoms with van der Waals surface area (Å²) in [6, 6.07) is -0.234. The molecule has 4 amide bonds. The van der Waals surface area contributed by atoms with Gasteiger partial charge in [0.05, 0.1) is 6.61 Å². The average Bonchev–Trinajstić information content (AvgIpc) is 3.16. The van der Waals surface area contributed by atoms with Gasteiger partial charge >= 0.3 is 6.03 Å². The van der Waals surface area contributed by atoms with Crippen LogP contribution in [0, 0.1) is 0 Å². The van der Waals surface area contributed by atoms with Gasteiger partial charge in [0.2, 0.25) is 5.91 Å². The summed E-state index contributed by atoms with van der Waals surface area (Å²) in [7, 11) is 0. The zero-order valence-electron chi connectivity index (χ0n) is 11.9. The predicted octanol–water partition coefficient (Wildman–Crippen LogP) is -0.310. The minimum Gasteiger partial charge on any atom is -0.395 e. The first-order valence-electron chi connectivity index (χ1n) is 6.91. The Kier molecular flexibility index (Phi) is 3.99. The summed E-state index contributed by atoms with van der Waals surface area (Å²) in [6.07, 6.45) is 2.02. The fourth-order valence-electron chi connectivity index (χ4n) is 2.38. The number of nitrogens with one attached hydrogen (secondary N) is 1. The Bertz CT molecular complexity index is 431. The Labute approximate surface area is 117 Å². The van der Waals surface area contributed by atoms with Gasteiger partial charge in [0.25, 0.3) is 5.91 Å². The standard InChI is InChI=1S/C13H21N3O4/c1-13(2)11(19)16(12(20)14-13)6-5-10(18)15(7-8-17)9-3-4-9/h9,17H,3-8H2,1-2H3,(H,14,20). The maximum absolute atomic E-state index is 12.1. The molecule has 1 saturated heterocycles. The van der Waals surface area contributed by atoms with Gasteiger partial charge in [-0.15, -0.1) is 0 Å². The normalized spacial score (nSPS) is 21.1. The van der Waals surface area contributed by atoms with E-state index in [0.717, 1.165) is 17.7 Å². The molecule has 2 N–H and O–H groups in total. The van der Waals surface area contributed by atoms with Gasteiger partial charge in [-0.2, -0.15) is 0 Å². The molecule has 0 unspecified atom stereocenters. The zero-order chi connectivity index (χ0) is 14.9. The van der Waals surface area contributed by atoms with Gasteiger partial charge < -0.3 is 15.3 Å². The molecule has 1 aliphatic heterocycles. The van der Waals surface area contributed by atoms with Crippen LogP contribution in [0.15, 0.2) is 0 Å². The van der Waals surface area contributed by atoms with Crippen LogP contribution in [0.3, 0.4) is 0 Å². The lowest BCUT2D eigenvalue weighted by Crippen LogP contribution is -2.41. The summed E-state index contributed by atoms with van der Waals surface area (Å²) in [5.74, 6) is -0.428. The van der Waals surface area contributed by atoms with Crippen LogP contribution >= 0.6 is 0 Å². The molecule has 7 nitrogen and oxygen atoms in total. The SMILES string of the molecule is CC1(C)NC(=O)N(CCC(=O)N(CCO)C2CC2)C1=O. The zero-order valence-corrected chi connectivity index (χ0v) is 11.9. The second kappa shape index (κ2) is 5.40. The van der Waals surface area contributed by atoms with E-state index in [9.17, 15) is 14.4 Å². The van der Waals surface area contributed by atoms with E-state index in [0.29, 0.717) is 6.54 Å². The first kappa shape index (κ1) is 14.8. The van der Waals surface area contributed by atoms with Crippen molar-refractivity contribution in [1.82, 2.24) is 15.1 Å². The highest BCUT2D eigenvalue weighted by Crippen LogP contribution is 2.27. The van der Waals surface area contributed by atoms with Gasteiger partial charge in [0.15, 0.2) is 0 Å². The summed E-state index contributed by atoms with van der Waals surface area (Å²) in [5, 5.41) is 11.6. The molecule has 2 rings (SSSR count). The summed E-state index contributed by atoms with van der Waals surface area (Å²) in [4.78, 5) is 38.5. The van der Waals surface area contributed by atoms with Gasteiger partial charge in [0.1, 0.15) is 5.54 Å². The molecule has 2 aliphatic rings. The lowest BCUT2D eigenvalue weighted by atomic mass is 10.1. The highest BCUT2D eigenvalue weighted by Gasteiger charge is 2.44. The molecular formula is C13H21N3O4. The van der Waals surface area contributed by atoms with E-state index < -0.39 is 11.6 Å². The monoisotopic (exact) mass is 283 g/mol. The Morgan fingerprint density at radius 2 is 2.10 bits per heavy atom. The number of nitrogens with zero attached hydrogens (tertiary/aromatic N) is 2. The predicted molar refractivity (Wildman–Crippen MR) is 70.8 cm³/mol. The highest BCUT2D eigenvalue weighted by atomic mass is 16.3. The molecule has 0 spiro atoms. The molecule has 20 heavy (non-hydrogen) atoms. The molecule has 0 bridgehead atoms. The third-order valence-corrected chi connectivity index (χ3v) is 3.64. The molecule has 0 aromatic heterocycles. The molecule has 1 aliphatic carbocycles. The maximum atomic E-state index is 12.1. The number of hydrogen-bond donors (Lipinski definition) is 2. The third-order valence-electron chi connectivity index (χ3n) is 3.64. The Morgan fingerprint density at radius 1 is 1.45 bits per heavy atom. The Hall–Kier alpha value is -1.63. The van der Waals surface area contributed by atoms with Crippen molar-refractivity contribution in [2.75, 3.05) is 19.7 Å². The van der Waals surface area contributed by atoms with Crippen LogP contribution in [0.2, 0.25) is 0 Å². The minimum absolute atomic E-state index is 0.0710. The molecule has 0 aromatic rings. The fourth-order valence-corrected chi connectivity index (χ4v) is 2.38. The van der Waals surface area contributed by atoms with E-state index in [2.05, 4.69) is 5.32 Å². The number of aliphatic hydroxyl groups excluding tert-OH is 1. The third kappa shape index (κ3) is 2.92. The van der Waals surface area contributed by atoms with Crippen molar-refractivity contribution in [1.29, 1.82) is 0 Å². The quantitative estimate of drug-likeness (QED) is 0.654. The molecule has 7 heteroatoms. The molecule has 112 valence electrons. The van der Waals surface area contributed by atoms with E-state index in [-0.39, 0.29) is 37.4 Å². The summed E-state index contributed by atoms with van der Waals surface area (Å²) in [5.41, 5.74) is -0.901. The van der Waals surface area contributed by atoms with Crippen molar-refractivity contribution in [2.24, 2.45) is 0 Å². The van der Waals surface area contributed by atoms with Gasteiger partial charge in [-0.1, -0.05) is 0 Å². The van der Waals surface area contributed by atoms with Crippen molar-refractivity contribution < 1.29 is 19.5 Å². The van der Waals surface area contributed by atoms with E-state index in [1.54, 1.807) is 18.7 Å². The molecule has 0 aromatic carbocycles. The van der Waals surface area contributed by atoms with E-state index >= 15 is 0 Å². The van der Waals surface area contributed by atoms with Crippen molar-refractivity contribution in [3.05, 3.63) is 0 Å². The first-order chi connectivity index (χ1) is 9.36. The summed E-state index contributed by atoms with van der Waals surface area (Å²) >= 11 is 0. The second-order valence-corrected chi connectivity index (χ2v) is 5.80. The Morgan fingerprint density at radius 3 is 2.55 bits per heavy atom. The molecular weight excluding hydrogens is 262 g/mol. The number of imide groups is 1. The first-order valence-corrected chi connectivity index (χ1v) is 6.91. The topological polar surface area (TPSA) is 90.0 Å². The summed E-state index contributed by atoms with van der Waals surface area (Å²) < 4.78 is 0. The molecule has 2 fully saturated rings. The van der Waals surface area contributed by atoms with Crippen LogP contribution in [0.1, 0.15) is 33.1 Å². The number of amides is 4. The van der Waals surface area contributed by atoms with Crippen LogP contribution in [0.4, 0.5) is 4.79 Å². The number of aliphatic hydroxyl groups is 1. The van der Waals surface area contributed by atoms with Gasteiger partial charge in [-0.05, 0) is 26.7 Å². The van der Waals surface area contributed by atoms with Crippen LogP contribution in [0.25, 0.3) is 0 Å². The molecule has 0 atom stereocenters. The lowest BCUT2D eigenvalue weighted by Gasteiger charge is -2.22. The number of rotatable bonds is 6. The second-order valence-electron chi connectivity index (χ2n) is 5.80. The number of hydrogen-bond acceptors (Lipinski definition) is 4. The minimum atomic E-state index is -0.901. The molecule has 0 radical (unpaired) electrons. The van der Waals surface area contributed by atoms with Crippen LogP contribution in [-0.2, 0) is 9.59 Å². The van der Waals surface area contributed by atoms with Gasteiger partial charge in [-0.3, -0.25) is 14.5 Å². The van der Waals surface area contributed by atoms with Crippen molar-refractivity contribution in [3.63, 3.8) is 0 Å². The van der Waals surface area contributed by atoms with E-state index in [4.69, 9.17) is 5.11 Å². The van der Waals surface area contributed by atoms with Crippen LogP contribution in [0.5, 0.6) is 0 Å². The van der Waals surface area contributed by atoms with E-state index in [1.165, 1.54) is 0 Å². The summed E-state index contributed by atoms with van der Waals surface area (Å²) in [6.45, 7) is 3.60. The number of urea groups is 1. The molecule has 1 heterocycles. The van der Waals surface area contributed by atoms with Gasteiger partial charge in [0, 0.05) is 25.6 Å². The maximum Gasteiger partial charge on any atom is 0.325 e. The van der Waals surface area contributed by atoms with E-state index in [1.807, 2.05) is 0 Å². The smallest absolute Gasteiger partial charge is 0.325 e. The number of carbonyl (C=O) groups excluding carboxylic acids is 3. The van der Waals surface area contributed by atoms with Gasteiger partial charge in [-0.25, -0.2) is 4.79 Å². The van der Waals surface area contributed by atoms with Crippen LogP contribution in [-0.4, -0.2) is 64.0 Å². The van der Waals surface area contributed by atoms with Crippen LogP contribution < -0.4 is 5.32 Å². The van der Waals surface area contributed by atoms with Crippen molar-refractivity contribution in [3.8, 4) is 0 Å². The Balaban J connectivity index is 1.90. The van der Waals surface area contributed by atoms with Crippen molar-refractivity contribution in [2.45, 2.75) is 44.7 Å².